The van der Waals surface area contributed by atoms with Crippen molar-refractivity contribution < 1.29 is 39.3 Å². The van der Waals surface area contributed by atoms with E-state index in [0.717, 1.165) is 134 Å². The minimum Gasteiger partial charge on any atom is -0.657 e. The molecule has 0 fully saturated rings. The summed E-state index contributed by atoms with van der Waals surface area (Å²) in [5.41, 5.74) is 22.3. The van der Waals surface area contributed by atoms with Gasteiger partial charge in [0.1, 0.15) is 5.57 Å². The van der Waals surface area contributed by atoms with E-state index < -0.39 is 17.5 Å². The third kappa shape index (κ3) is 9.97. The Morgan fingerprint density at radius 2 is 0.783 bits per heavy atom. The van der Waals surface area contributed by atoms with Gasteiger partial charge in [-0.3, -0.25) is 0 Å². The van der Waals surface area contributed by atoms with Crippen molar-refractivity contribution in [1.82, 2.24) is 19.9 Å². The van der Waals surface area contributed by atoms with Crippen molar-refractivity contribution in [3.63, 3.8) is 0 Å². The molecule has 0 radical (unpaired) electrons. The predicted molar refractivity (Wildman–Crippen MR) is 278 cm³/mol. The zero-order chi connectivity index (χ0) is 48.0. The molecule has 0 spiro atoms. The Bertz CT molecular complexity index is 3520. The van der Waals surface area contributed by atoms with Crippen LogP contribution in [0, 0.1) is 55.4 Å². The molecule has 8 nitrogen and oxygen atoms in total. The molecule has 336 valence electrons. The molecule has 0 atom stereocenters. The van der Waals surface area contributed by atoms with Gasteiger partial charge in [0.05, 0.1) is 22.8 Å². The number of fused-ring (bicyclic) bond motifs is 8. The topological polar surface area (TPSA) is 129 Å². The number of carboxylic acids is 2. The van der Waals surface area contributed by atoms with Crippen LogP contribution in [0.2, 0.25) is 0 Å². The van der Waals surface area contributed by atoms with Crippen molar-refractivity contribution >= 4 is 64.4 Å². The fourth-order valence-corrected chi connectivity index (χ4v) is 9.58. The molecule has 8 bridgehead atoms. The summed E-state index contributed by atoms with van der Waals surface area (Å²) < 4.78 is 0. The Labute approximate surface area is 415 Å². The van der Waals surface area contributed by atoms with Gasteiger partial charge in [-0.05, 0) is 136 Å². The van der Waals surface area contributed by atoms with E-state index in [0.29, 0.717) is 11.0 Å². The second-order valence-electron chi connectivity index (χ2n) is 18.0. The van der Waals surface area contributed by atoms with E-state index in [1.54, 1.807) is 12.2 Å². The summed E-state index contributed by atoms with van der Waals surface area (Å²) in [7, 11) is 0. The fraction of sp³-hybridized carbons (Fsp3) is 0.133. The van der Waals surface area contributed by atoms with Crippen molar-refractivity contribution in [2.75, 3.05) is 0 Å². The van der Waals surface area contributed by atoms with Crippen LogP contribution in [0.25, 0.3) is 97.0 Å². The summed E-state index contributed by atoms with van der Waals surface area (Å²) in [6.07, 6.45) is 16.0. The van der Waals surface area contributed by atoms with Crippen LogP contribution in [-0.2, 0) is 29.1 Å². The second kappa shape index (κ2) is 19.5. The summed E-state index contributed by atoms with van der Waals surface area (Å²) in [6.45, 7) is 16.8. The summed E-state index contributed by atoms with van der Waals surface area (Å²) in [4.78, 5) is 45.3. The first-order valence-electron chi connectivity index (χ1n) is 22.5. The number of hydrogen-bond acceptors (Lipinski definition) is 4. The number of allylic oxidation sites excluding steroid dienone is 4. The number of aryl methyl sites for hydroxylation is 8. The molecule has 0 saturated heterocycles. The van der Waals surface area contributed by atoms with Gasteiger partial charge in [-0.1, -0.05) is 160 Å². The van der Waals surface area contributed by atoms with Crippen molar-refractivity contribution in [2.24, 2.45) is 0 Å². The number of carbonyl (C=O) groups is 2. The average molecular weight is 956 g/mol. The molecule has 0 aliphatic carbocycles. The summed E-state index contributed by atoms with van der Waals surface area (Å²) >= 11 is 0. The number of benzene rings is 4. The molecule has 2 aliphatic heterocycles. The molecule has 2 aliphatic rings. The van der Waals surface area contributed by atoms with Crippen LogP contribution in [0.15, 0.2) is 121 Å². The Kier molecular flexibility index (Phi) is 13.5. The van der Waals surface area contributed by atoms with E-state index in [2.05, 4.69) is 171 Å². The molecule has 69 heavy (non-hydrogen) atoms. The van der Waals surface area contributed by atoms with Gasteiger partial charge in [-0.25, -0.2) is 19.6 Å². The summed E-state index contributed by atoms with van der Waals surface area (Å²) in [5.74, 6) is -3.04. The maximum absolute atomic E-state index is 11.6. The van der Waals surface area contributed by atoms with Gasteiger partial charge in [0.2, 0.25) is 0 Å². The fourth-order valence-electron chi connectivity index (χ4n) is 9.58. The molecule has 0 amide bonds. The number of aromatic nitrogens is 4. The van der Waals surface area contributed by atoms with Gasteiger partial charge in [0.25, 0.3) is 0 Å². The normalized spacial score (nSPS) is 11.9. The van der Waals surface area contributed by atoms with Crippen LogP contribution in [-0.4, -0.2) is 32.1 Å². The molecule has 7 aromatic rings. The SMILES string of the molecule is Cc1cc(C)cc(-c2c3nc(c(-c4cc(C)cc(C)c4)c4cc(/C=C/C=C/C=C(C(=O)O)C(=O)O)c([n-]4)c(-c4cc(C)cc(C)c4)c4nc(c(-c5cc(C)cc(C)c5)c5ccc2[n-]5)C=C4)C=C3)c1.[Zn+2]. The van der Waals surface area contributed by atoms with Gasteiger partial charge in [-0.2, -0.15) is 0 Å². The van der Waals surface area contributed by atoms with E-state index in [9.17, 15) is 19.8 Å². The first-order chi connectivity index (χ1) is 32.6. The first-order valence-corrected chi connectivity index (χ1v) is 22.5. The molecule has 9 rings (SSSR count). The number of rotatable bonds is 9. The maximum atomic E-state index is 11.6. The quantitative estimate of drug-likeness (QED) is 0.0481. The minimum absolute atomic E-state index is 0. The molecule has 5 heterocycles. The van der Waals surface area contributed by atoms with Crippen LogP contribution in [0.5, 0.6) is 0 Å². The first kappa shape index (κ1) is 47.7. The minimum atomic E-state index is -1.52. The van der Waals surface area contributed by atoms with Gasteiger partial charge < -0.3 is 20.2 Å². The van der Waals surface area contributed by atoms with Crippen LogP contribution < -0.4 is 9.97 Å². The Hall–Kier alpha value is -7.74. The summed E-state index contributed by atoms with van der Waals surface area (Å²) in [5, 5.41) is 18.9. The number of aliphatic carboxylic acids is 2. The van der Waals surface area contributed by atoms with Crippen LogP contribution >= 0.6 is 0 Å². The predicted octanol–water partition coefficient (Wildman–Crippen LogP) is 13.7. The van der Waals surface area contributed by atoms with Gasteiger partial charge in [0.15, 0.2) is 0 Å². The zero-order valence-corrected chi connectivity index (χ0v) is 43.0. The molecular weight excluding hydrogens is 906 g/mol. The zero-order valence-electron chi connectivity index (χ0n) is 40.1. The molecule has 4 aromatic carbocycles. The van der Waals surface area contributed by atoms with E-state index in [1.807, 2.05) is 6.08 Å². The number of nitrogens with zero attached hydrogens (tertiary/aromatic N) is 4. The molecule has 0 unspecified atom stereocenters. The van der Waals surface area contributed by atoms with Crippen molar-refractivity contribution in [3.05, 3.63) is 194 Å². The maximum Gasteiger partial charge on any atom is 2.00 e. The smallest absolute Gasteiger partial charge is 0.657 e. The van der Waals surface area contributed by atoms with Crippen LogP contribution in [0.4, 0.5) is 0 Å². The average Bonchev–Trinajstić information content (AvgIpc) is 4.08. The molecule has 0 saturated carbocycles. The Morgan fingerprint density at radius 1 is 0.435 bits per heavy atom. The Balaban J connectivity index is 0.00000642. The Morgan fingerprint density at radius 3 is 1.16 bits per heavy atom. The second-order valence-corrected chi connectivity index (χ2v) is 18.0. The molecule has 3 aromatic heterocycles. The third-order valence-corrected chi connectivity index (χ3v) is 12.0. The third-order valence-electron chi connectivity index (χ3n) is 12.0. The molecule has 2 N–H and O–H groups in total. The van der Waals surface area contributed by atoms with Crippen molar-refractivity contribution in [2.45, 2.75) is 55.4 Å². The monoisotopic (exact) mass is 954 g/mol. The van der Waals surface area contributed by atoms with Crippen LogP contribution in [0.1, 0.15) is 72.8 Å². The van der Waals surface area contributed by atoms with E-state index in [-0.39, 0.29) is 19.5 Å². The van der Waals surface area contributed by atoms with E-state index in [1.165, 1.54) is 6.08 Å². The number of hydrogen-bond donors (Lipinski definition) is 2. The summed E-state index contributed by atoms with van der Waals surface area (Å²) in [6, 6.07) is 32.3. The van der Waals surface area contributed by atoms with Crippen molar-refractivity contribution in [1.29, 1.82) is 0 Å². The van der Waals surface area contributed by atoms with Gasteiger partial charge in [-0.15, -0.1) is 22.1 Å². The molecule has 9 heteroatoms. The standard InChI is InChI=1S/C60H52N4O4.Zn/c1-33-20-34(2)25-42(24-33)54-47-14-15-48(61-47)55(43-26-35(3)21-36(4)27-43)50-18-19-52(63-50)57(45-30-39(7)23-40(8)31-45)58-41(12-10-9-11-13-46(59(65)66)60(67)68)32-53(64-58)56(51-17-16-49(54)62-51)44-28-37(5)22-38(6)29-44;/h9-32H,1-8H3,(H4,61,62,63,64,65,66,67,68);/q;+2/p-2/b11-9+,12-10+,54-47?,54-49?,55-48?,55-50?,56-51?,56-53?,57-52?,58-57?;. The number of carboxylic acid groups (broad SMARTS) is 2. The largest absolute Gasteiger partial charge is 2.00 e. The van der Waals surface area contributed by atoms with Crippen LogP contribution in [0.3, 0.4) is 0 Å². The van der Waals surface area contributed by atoms with E-state index in [4.69, 9.17) is 19.9 Å². The van der Waals surface area contributed by atoms with E-state index >= 15 is 0 Å². The van der Waals surface area contributed by atoms with Crippen molar-refractivity contribution in [3.8, 4) is 44.5 Å². The molecular formula is C60H50N4O4Zn. The van der Waals surface area contributed by atoms with Gasteiger partial charge >= 0.3 is 31.4 Å². The van der Waals surface area contributed by atoms with Gasteiger partial charge in [0, 0.05) is 0 Å².